The van der Waals surface area contributed by atoms with Gasteiger partial charge in [0.2, 0.25) is 0 Å². The van der Waals surface area contributed by atoms with Gasteiger partial charge in [-0.15, -0.1) is 0 Å². The molecule has 2 N–H and O–H groups in total. The van der Waals surface area contributed by atoms with Gasteiger partial charge in [-0.25, -0.2) is 4.79 Å². The van der Waals surface area contributed by atoms with Crippen LogP contribution in [0.4, 0.5) is 10.5 Å². The summed E-state index contributed by atoms with van der Waals surface area (Å²) >= 11 is 0. The number of amides is 2. The highest BCUT2D eigenvalue weighted by molar-refractivity contribution is 5.89. The van der Waals surface area contributed by atoms with Gasteiger partial charge in [0.05, 0.1) is 0 Å². The summed E-state index contributed by atoms with van der Waals surface area (Å²) in [6.07, 6.45) is 0.787. The van der Waals surface area contributed by atoms with Gasteiger partial charge < -0.3 is 15.4 Å². The Hall–Kier alpha value is -3.00. The zero-order valence-corrected chi connectivity index (χ0v) is 12.1. The molecule has 0 saturated heterocycles. The first kappa shape index (κ1) is 15.4. The number of nitrogens with one attached hydrogen (secondary N) is 2. The molecule has 112 valence electrons. The SMILES string of the molecule is N#CCOc1ccc(NC(=O)NCCc2ccccc2)cc1. The Morgan fingerprint density at radius 3 is 2.50 bits per heavy atom. The maximum Gasteiger partial charge on any atom is 0.319 e. The third-order valence-electron chi connectivity index (χ3n) is 2.96. The Kier molecular flexibility index (Phi) is 5.82. The third kappa shape index (κ3) is 5.17. The molecular weight excluding hydrogens is 278 g/mol. The van der Waals surface area contributed by atoms with Crippen LogP contribution in [-0.2, 0) is 6.42 Å². The van der Waals surface area contributed by atoms with E-state index < -0.39 is 0 Å². The number of nitrogens with zero attached hydrogens (tertiary/aromatic N) is 1. The molecule has 0 aromatic heterocycles. The highest BCUT2D eigenvalue weighted by Crippen LogP contribution is 2.15. The number of anilines is 1. The number of urea groups is 1. The number of benzene rings is 2. The van der Waals surface area contributed by atoms with Crippen LogP contribution >= 0.6 is 0 Å². The van der Waals surface area contributed by atoms with E-state index in [1.54, 1.807) is 24.3 Å². The van der Waals surface area contributed by atoms with Crippen LogP contribution in [0.5, 0.6) is 5.75 Å². The molecule has 22 heavy (non-hydrogen) atoms. The van der Waals surface area contributed by atoms with Crippen LogP contribution in [0, 0.1) is 11.3 Å². The van der Waals surface area contributed by atoms with Gasteiger partial charge >= 0.3 is 6.03 Å². The molecule has 0 aliphatic carbocycles. The Labute approximate surface area is 129 Å². The summed E-state index contributed by atoms with van der Waals surface area (Å²) in [5.41, 5.74) is 1.85. The van der Waals surface area contributed by atoms with Crippen LogP contribution in [0.25, 0.3) is 0 Å². The molecule has 0 saturated carbocycles. The van der Waals surface area contributed by atoms with Crippen molar-refractivity contribution < 1.29 is 9.53 Å². The Morgan fingerprint density at radius 2 is 1.82 bits per heavy atom. The first-order chi connectivity index (χ1) is 10.8. The second kappa shape index (κ2) is 8.32. The van der Waals surface area contributed by atoms with Gasteiger partial charge in [-0.3, -0.25) is 0 Å². The normalized spacial score (nSPS) is 9.59. The highest BCUT2D eigenvalue weighted by Gasteiger charge is 2.02. The van der Waals surface area contributed by atoms with Crippen molar-refractivity contribution in [2.75, 3.05) is 18.5 Å². The zero-order valence-electron chi connectivity index (χ0n) is 12.1. The summed E-state index contributed by atoms with van der Waals surface area (Å²) in [4.78, 5) is 11.8. The van der Waals surface area contributed by atoms with Gasteiger partial charge in [0.25, 0.3) is 0 Å². The quantitative estimate of drug-likeness (QED) is 0.860. The van der Waals surface area contributed by atoms with E-state index in [9.17, 15) is 4.79 Å². The number of hydrogen-bond acceptors (Lipinski definition) is 3. The maximum atomic E-state index is 11.8. The summed E-state index contributed by atoms with van der Waals surface area (Å²) in [5.74, 6) is 0.594. The summed E-state index contributed by atoms with van der Waals surface area (Å²) in [7, 11) is 0. The molecule has 0 unspecified atom stereocenters. The number of carbonyl (C=O) groups is 1. The average molecular weight is 295 g/mol. The van der Waals surface area contributed by atoms with Crippen LogP contribution in [0.2, 0.25) is 0 Å². The van der Waals surface area contributed by atoms with E-state index in [-0.39, 0.29) is 12.6 Å². The van der Waals surface area contributed by atoms with E-state index >= 15 is 0 Å². The van der Waals surface area contributed by atoms with E-state index in [2.05, 4.69) is 10.6 Å². The van der Waals surface area contributed by atoms with E-state index in [0.717, 1.165) is 6.42 Å². The molecular formula is C17H17N3O2. The minimum absolute atomic E-state index is 0.00669. The molecule has 0 fully saturated rings. The van der Waals surface area contributed by atoms with Crippen molar-refractivity contribution in [2.45, 2.75) is 6.42 Å². The molecule has 0 radical (unpaired) electrons. The van der Waals surface area contributed by atoms with Crippen LogP contribution in [0.1, 0.15) is 5.56 Å². The molecule has 0 aliphatic rings. The minimum Gasteiger partial charge on any atom is -0.479 e. The number of hydrogen-bond donors (Lipinski definition) is 2. The van der Waals surface area contributed by atoms with Crippen LogP contribution in [-0.4, -0.2) is 19.2 Å². The number of carbonyl (C=O) groups excluding carboxylic acids is 1. The predicted molar refractivity (Wildman–Crippen MR) is 84.7 cm³/mol. The lowest BCUT2D eigenvalue weighted by Gasteiger charge is -2.08. The van der Waals surface area contributed by atoms with Gasteiger partial charge in [-0.1, -0.05) is 30.3 Å². The van der Waals surface area contributed by atoms with E-state index in [0.29, 0.717) is 18.0 Å². The lowest BCUT2D eigenvalue weighted by Crippen LogP contribution is -2.30. The largest absolute Gasteiger partial charge is 0.479 e. The Bertz CT molecular complexity index is 633. The second-order valence-corrected chi connectivity index (χ2v) is 4.59. The van der Waals surface area contributed by atoms with Crippen molar-refractivity contribution in [3.63, 3.8) is 0 Å². The molecule has 0 spiro atoms. The first-order valence-electron chi connectivity index (χ1n) is 6.96. The van der Waals surface area contributed by atoms with Crippen molar-refractivity contribution >= 4 is 11.7 Å². The molecule has 0 aliphatic heterocycles. The highest BCUT2D eigenvalue weighted by atomic mass is 16.5. The molecule has 0 heterocycles. The topological polar surface area (TPSA) is 74.1 Å². The average Bonchev–Trinajstić information content (AvgIpc) is 2.55. The van der Waals surface area contributed by atoms with Crippen molar-refractivity contribution in [2.24, 2.45) is 0 Å². The van der Waals surface area contributed by atoms with E-state index in [1.165, 1.54) is 5.56 Å². The first-order valence-corrected chi connectivity index (χ1v) is 6.96. The fourth-order valence-corrected chi connectivity index (χ4v) is 1.89. The van der Waals surface area contributed by atoms with Gasteiger partial charge in [-0.05, 0) is 36.2 Å². The minimum atomic E-state index is -0.248. The fraction of sp³-hybridized carbons (Fsp3) is 0.176. The van der Waals surface area contributed by atoms with Crippen LogP contribution < -0.4 is 15.4 Å². The second-order valence-electron chi connectivity index (χ2n) is 4.59. The van der Waals surface area contributed by atoms with Crippen molar-refractivity contribution in [3.05, 3.63) is 60.2 Å². The molecule has 5 heteroatoms. The smallest absolute Gasteiger partial charge is 0.319 e. The summed E-state index contributed by atoms with van der Waals surface area (Å²) in [5, 5.41) is 14.0. The number of ether oxygens (including phenoxy) is 1. The standard InChI is InChI=1S/C17H17N3O2/c18-11-13-22-16-8-6-15(7-9-16)20-17(21)19-12-10-14-4-2-1-3-5-14/h1-9H,10,12-13H2,(H2,19,20,21). The molecule has 0 bridgehead atoms. The maximum absolute atomic E-state index is 11.8. The molecule has 0 atom stereocenters. The van der Waals surface area contributed by atoms with Crippen LogP contribution in [0.15, 0.2) is 54.6 Å². The molecule has 2 aromatic rings. The lowest BCUT2D eigenvalue weighted by molar-refractivity contribution is 0.252. The molecule has 2 amide bonds. The van der Waals surface area contributed by atoms with Gasteiger partial charge in [-0.2, -0.15) is 5.26 Å². The van der Waals surface area contributed by atoms with E-state index in [4.69, 9.17) is 10.00 Å². The zero-order chi connectivity index (χ0) is 15.6. The number of nitriles is 1. The predicted octanol–water partition coefficient (Wildman–Crippen LogP) is 2.95. The van der Waals surface area contributed by atoms with Crippen molar-refractivity contribution in [3.8, 4) is 11.8 Å². The van der Waals surface area contributed by atoms with E-state index in [1.807, 2.05) is 36.4 Å². The van der Waals surface area contributed by atoms with Gasteiger partial charge in [0.1, 0.15) is 11.8 Å². The summed E-state index contributed by atoms with van der Waals surface area (Å²) in [6, 6.07) is 18.5. The number of rotatable bonds is 6. The monoisotopic (exact) mass is 295 g/mol. The fourth-order valence-electron chi connectivity index (χ4n) is 1.89. The van der Waals surface area contributed by atoms with Crippen LogP contribution in [0.3, 0.4) is 0 Å². The Morgan fingerprint density at radius 1 is 1.09 bits per heavy atom. The van der Waals surface area contributed by atoms with Crippen molar-refractivity contribution in [1.82, 2.24) is 5.32 Å². The lowest BCUT2D eigenvalue weighted by atomic mass is 10.1. The molecule has 2 aromatic carbocycles. The summed E-state index contributed by atoms with van der Waals surface area (Å²) < 4.78 is 5.14. The molecule has 2 rings (SSSR count). The third-order valence-corrected chi connectivity index (χ3v) is 2.96. The van der Waals surface area contributed by atoms with Gasteiger partial charge in [0, 0.05) is 12.2 Å². The Balaban J connectivity index is 1.73. The molecule has 5 nitrogen and oxygen atoms in total. The van der Waals surface area contributed by atoms with Gasteiger partial charge in [0.15, 0.2) is 6.61 Å². The van der Waals surface area contributed by atoms with Crippen molar-refractivity contribution in [1.29, 1.82) is 5.26 Å². The summed E-state index contributed by atoms with van der Waals surface area (Å²) in [6.45, 7) is 0.575.